The Bertz CT molecular complexity index is 518. The first-order valence-corrected chi connectivity index (χ1v) is 5.79. The van der Waals surface area contributed by atoms with E-state index in [-0.39, 0.29) is 0 Å². The van der Waals surface area contributed by atoms with Gasteiger partial charge in [0.2, 0.25) is 0 Å². The van der Waals surface area contributed by atoms with Crippen molar-refractivity contribution in [3.63, 3.8) is 0 Å². The summed E-state index contributed by atoms with van der Waals surface area (Å²) in [5, 5.41) is 0. The lowest BCUT2D eigenvalue weighted by Crippen LogP contribution is -2.30. The third kappa shape index (κ3) is 2.96. The van der Waals surface area contributed by atoms with Crippen LogP contribution >= 0.6 is 0 Å². The molecular formula is C15H15NO2. The summed E-state index contributed by atoms with van der Waals surface area (Å²) in [6, 6.07) is 16.8. The van der Waals surface area contributed by atoms with Crippen LogP contribution in [0.2, 0.25) is 0 Å². The van der Waals surface area contributed by atoms with E-state index in [9.17, 15) is 4.79 Å². The Kier molecular flexibility index (Phi) is 3.75. The predicted molar refractivity (Wildman–Crippen MR) is 71.2 cm³/mol. The quantitative estimate of drug-likeness (QED) is 0.663. The summed E-state index contributed by atoms with van der Waals surface area (Å²) in [7, 11) is 0. The van der Waals surface area contributed by atoms with Crippen molar-refractivity contribution in [2.24, 2.45) is 5.73 Å². The molecule has 18 heavy (non-hydrogen) atoms. The molecule has 0 aliphatic rings. The van der Waals surface area contributed by atoms with Gasteiger partial charge in [-0.1, -0.05) is 42.5 Å². The molecule has 0 amide bonds. The predicted octanol–water partition coefficient (Wildman–Crippen LogP) is 2.61. The molecule has 2 N–H and O–H groups in total. The van der Waals surface area contributed by atoms with Crippen molar-refractivity contribution in [3.05, 3.63) is 54.6 Å². The summed E-state index contributed by atoms with van der Waals surface area (Å²) >= 11 is 0. The Morgan fingerprint density at radius 2 is 1.56 bits per heavy atom. The van der Waals surface area contributed by atoms with E-state index >= 15 is 0 Å². The van der Waals surface area contributed by atoms with Crippen LogP contribution in [0, 0.1) is 0 Å². The van der Waals surface area contributed by atoms with Crippen LogP contribution in [0.5, 0.6) is 5.75 Å². The van der Waals surface area contributed by atoms with Crippen LogP contribution in [0.1, 0.15) is 6.92 Å². The molecule has 0 saturated heterocycles. The number of carbonyl (C=O) groups excluding carboxylic acids is 1. The van der Waals surface area contributed by atoms with Gasteiger partial charge in [-0.15, -0.1) is 0 Å². The lowest BCUT2D eigenvalue weighted by atomic mass is 10.1. The Balaban J connectivity index is 2.13. The maximum absolute atomic E-state index is 11.3. The topological polar surface area (TPSA) is 52.3 Å². The summed E-state index contributed by atoms with van der Waals surface area (Å²) in [4.78, 5) is 11.3. The molecule has 0 spiro atoms. The smallest absolute Gasteiger partial charge is 0.328 e. The molecule has 0 aromatic heterocycles. The molecular weight excluding hydrogens is 226 g/mol. The summed E-state index contributed by atoms with van der Waals surface area (Å²) in [5.41, 5.74) is 7.64. The van der Waals surface area contributed by atoms with E-state index in [0.717, 1.165) is 11.1 Å². The van der Waals surface area contributed by atoms with Gasteiger partial charge in [0.05, 0.1) is 0 Å². The molecule has 2 rings (SSSR count). The maximum atomic E-state index is 11.3. The summed E-state index contributed by atoms with van der Waals surface area (Å²) in [5.74, 6) is 0.0828. The molecule has 0 aliphatic carbocycles. The molecule has 3 nitrogen and oxygen atoms in total. The van der Waals surface area contributed by atoms with Crippen molar-refractivity contribution in [3.8, 4) is 16.9 Å². The highest BCUT2D eigenvalue weighted by atomic mass is 16.5. The fourth-order valence-electron chi connectivity index (χ4n) is 1.56. The van der Waals surface area contributed by atoms with Crippen LogP contribution in [0.4, 0.5) is 0 Å². The molecule has 0 heterocycles. The average molecular weight is 241 g/mol. The van der Waals surface area contributed by atoms with Gasteiger partial charge in [-0.25, -0.2) is 4.79 Å². The molecule has 1 atom stereocenters. The second-order valence-corrected chi connectivity index (χ2v) is 4.10. The van der Waals surface area contributed by atoms with Crippen LogP contribution in [-0.4, -0.2) is 12.0 Å². The third-order valence-corrected chi connectivity index (χ3v) is 2.55. The number of esters is 1. The van der Waals surface area contributed by atoms with Crippen LogP contribution in [-0.2, 0) is 4.79 Å². The molecule has 0 radical (unpaired) electrons. The first-order chi connectivity index (χ1) is 8.66. The minimum atomic E-state index is -0.612. The van der Waals surface area contributed by atoms with E-state index < -0.39 is 12.0 Å². The van der Waals surface area contributed by atoms with E-state index in [1.165, 1.54) is 0 Å². The Hall–Kier alpha value is -2.13. The molecule has 0 aliphatic heterocycles. The zero-order chi connectivity index (χ0) is 13.0. The van der Waals surface area contributed by atoms with Crippen molar-refractivity contribution in [1.29, 1.82) is 0 Å². The minimum Gasteiger partial charge on any atom is -0.425 e. The van der Waals surface area contributed by atoms with Gasteiger partial charge in [0.25, 0.3) is 0 Å². The Morgan fingerprint density at radius 1 is 1.00 bits per heavy atom. The lowest BCUT2D eigenvalue weighted by molar-refractivity contribution is -0.135. The largest absolute Gasteiger partial charge is 0.425 e. The van der Waals surface area contributed by atoms with Crippen molar-refractivity contribution in [2.45, 2.75) is 13.0 Å². The van der Waals surface area contributed by atoms with Crippen LogP contribution in [0.3, 0.4) is 0 Å². The van der Waals surface area contributed by atoms with Gasteiger partial charge in [-0.2, -0.15) is 0 Å². The normalized spacial score (nSPS) is 11.9. The van der Waals surface area contributed by atoms with E-state index in [4.69, 9.17) is 10.5 Å². The van der Waals surface area contributed by atoms with E-state index in [1.807, 2.05) is 42.5 Å². The van der Waals surface area contributed by atoms with Gasteiger partial charge in [-0.3, -0.25) is 0 Å². The molecule has 2 aromatic carbocycles. The van der Waals surface area contributed by atoms with Crippen LogP contribution in [0.25, 0.3) is 11.1 Å². The molecule has 0 saturated carbocycles. The van der Waals surface area contributed by atoms with Gasteiger partial charge in [0.15, 0.2) is 0 Å². The highest BCUT2D eigenvalue weighted by Crippen LogP contribution is 2.22. The second kappa shape index (κ2) is 5.47. The first kappa shape index (κ1) is 12.3. The van der Waals surface area contributed by atoms with Gasteiger partial charge in [-0.05, 0) is 30.2 Å². The van der Waals surface area contributed by atoms with E-state index in [2.05, 4.69) is 0 Å². The fraction of sp³-hybridized carbons (Fsp3) is 0.133. The number of hydrogen-bond acceptors (Lipinski definition) is 3. The summed E-state index contributed by atoms with van der Waals surface area (Å²) in [6.07, 6.45) is 0. The zero-order valence-electron chi connectivity index (χ0n) is 10.2. The maximum Gasteiger partial charge on any atom is 0.328 e. The van der Waals surface area contributed by atoms with Crippen LogP contribution in [0.15, 0.2) is 54.6 Å². The van der Waals surface area contributed by atoms with Gasteiger partial charge in [0.1, 0.15) is 11.8 Å². The first-order valence-electron chi connectivity index (χ1n) is 5.79. The number of hydrogen-bond donors (Lipinski definition) is 1. The second-order valence-electron chi connectivity index (χ2n) is 4.10. The highest BCUT2D eigenvalue weighted by Gasteiger charge is 2.09. The number of nitrogens with two attached hydrogens (primary N) is 1. The SMILES string of the molecule is C[C@H](N)C(=O)Oc1ccc(-c2ccccc2)cc1. The van der Waals surface area contributed by atoms with Gasteiger partial charge in [0, 0.05) is 0 Å². The molecule has 0 unspecified atom stereocenters. The Labute approximate surface area is 106 Å². The molecule has 92 valence electrons. The fourth-order valence-corrected chi connectivity index (χ4v) is 1.56. The Morgan fingerprint density at radius 3 is 2.11 bits per heavy atom. The zero-order valence-corrected chi connectivity index (χ0v) is 10.2. The molecule has 3 heteroatoms. The number of benzene rings is 2. The minimum absolute atomic E-state index is 0.428. The van der Waals surface area contributed by atoms with Gasteiger partial charge >= 0.3 is 5.97 Å². The van der Waals surface area contributed by atoms with Crippen molar-refractivity contribution < 1.29 is 9.53 Å². The monoisotopic (exact) mass is 241 g/mol. The molecule has 0 bridgehead atoms. The lowest BCUT2D eigenvalue weighted by Gasteiger charge is -2.07. The standard InChI is InChI=1S/C15H15NO2/c1-11(16)15(17)18-14-9-7-13(8-10-14)12-5-3-2-4-6-12/h2-11H,16H2,1H3/t11-/m0/s1. The molecule has 2 aromatic rings. The van der Waals surface area contributed by atoms with E-state index in [0.29, 0.717) is 5.75 Å². The van der Waals surface area contributed by atoms with E-state index in [1.54, 1.807) is 19.1 Å². The van der Waals surface area contributed by atoms with Crippen molar-refractivity contribution in [1.82, 2.24) is 0 Å². The highest BCUT2D eigenvalue weighted by molar-refractivity contribution is 5.77. The average Bonchev–Trinajstić information content (AvgIpc) is 2.40. The van der Waals surface area contributed by atoms with Crippen LogP contribution < -0.4 is 10.5 Å². The molecule has 0 fully saturated rings. The van der Waals surface area contributed by atoms with Gasteiger partial charge < -0.3 is 10.5 Å². The number of carbonyl (C=O) groups is 1. The summed E-state index contributed by atoms with van der Waals surface area (Å²) < 4.78 is 5.10. The third-order valence-electron chi connectivity index (χ3n) is 2.55. The number of ether oxygens (including phenoxy) is 1. The number of rotatable bonds is 3. The van der Waals surface area contributed by atoms with Crippen molar-refractivity contribution in [2.75, 3.05) is 0 Å². The summed E-state index contributed by atoms with van der Waals surface area (Å²) in [6.45, 7) is 1.60. The van der Waals surface area contributed by atoms with Crippen molar-refractivity contribution >= 4 is 5.97 Å².